The van der Waals surface area contributed by atoms with Gasteiger partial charge in [-0.2, -0.15) is 4.39 Å². The molecule has 0 aromatic carbocycles. The first-order chi connectivity index (χ1) is 8.54. The summed E-state index contributed by atoms with van der Waals surface area (Å²) in [7, 11) is 0. The van der Waals surface area contributed by atoms with E-state index in [-0.39, 0.29) is 5.91 Å². The van der Waals surface area contributed by atoms with Crippen molar-refractivity contribution < 1.29 is 9.18 Å². The van der Waals surface area contributed by atoms with Crippen molar-refractivity contribution in [2.75, 3.05) is 13.1 Å². The summed E-state index contributed by atoms with van der Waals surface area (Å²) in [4.78, 5) is 17.5. The highest BCUT2D eigenvalue weighted by Crippen LogP contribution is 2.34. The smallest absolute Gasteiger partial charge is 0.254 e. The van der Waals surface area contributed by atoms with Gasteiger partial charge in [0.2, 0.25) is 5.95 Å². The van der Waals surface area contributed by atoms with Crippen LogP contribution in [0.2, 0.25) is 0 Å². The summed E-state index contributed by atoms with van der Waals surface area (Å²) < 4.78 is 13.0. The van der Waals surface area contributed by atoms with Gasteiger partial charge in [-0.15, -0.1) is 0 Å². The van der Waals surface area contributed by atoms with Crippen LogP contribution in [0.15, 0.2) is 18.3 Å². The van der Waals surface area contributed by atoms with Crippen molar-refractivity contribution in [1.82, 2.24) is 9.88 Å². The Morgan fingerprint density at radius 3 is 2.72 bits per heavy atom. The third-order valence-corrected chi connectivity index (χ3v) is 4.08. The van der Waals surface area contributed by atoms with E-state index < -0.39 is 5.95 Å². The molecule has 0 bridgehead atoms. The van der Waals surface area contributed by atoms with Crippen molar-refractivity contribution in [1.29, 1.82) is 0 Å². The molecule has 1 fully saturated rings. The molecule has 1 saturated heterocycles. The van der Waals surface area contributed by atoms with E-state index in [2.05, 4.69) is 18.8 Å². The van der Waals surface area contributed by atoms with Gasteiger partial charge < -0.3 is 4.90 Å². The van der Waals surface area contributed by atoms with Crippen LogP contribution in [0.5, 0.6) is 0 Å². The predicted octanol–water partition coefficient (Wildman–Crippen LogP) is 2.87. The highest BCUT2D eigenvalue weighted by atomic mass is 19.1. The third-order valence-electron chi connectivity index (χ3n) is 4.08. The molecule has 3 nitrogen and oxygen atoms in total. The van der Waals surface area contributed by atoms with Gasteiger partial charge in [-0.25, -0.2) is 4.98 Å². The number of carbonyl (C=O) groups excluding carboxylic acids is 1. The molecule has 98 valence electrons. The Morgan fingerprint density at radius 2 is 2.17 bits per heavy atom. The predicted molar refractivity (Wildman–Crippen MR) is 67.7 cm³/mol. The molecule has 1 aliphatic rings. The molecule has 1 aromatic rings. The van der Waals surface area contributed by atoms with Crippen LogP contribution in [0, 0.1) is 11.4 Å². The Bertz CT molecular complexity index is 439. The molecule has 18 heavy (non-hydrogen) atoms. The van der Waals surface area contributed by atoms with E-state index >= 15 is 0 Å². The highest BCUT2D eigenvalue weighted by Gasteiger charge is 2.30. The van der Waals surface area contributed by atoms with Crippen molar-refractivity contribution in [3.63, 3.8) is 0 Å². The number of hydrogen-bond donors (Lipinski definition) is 0. The summed E-state index contributed by atoms with van der Waals surface area (Å²) in [6, 6.07) is 2.77. The molecule has 0 spiro atoms. The second-order valence-electron chi connectivity index (χ2n) is 5.32. The molecule has 0 atom stereocenters. The molecule has 0 saturated carbocycles. The molecule has 2 rings (SSSR count). The minimum Gasteiger partial charge on any atom is -0.339 e. The van der Waals surface area contributed by atoms with Crippen molar-refractivity contribution >= 4 is 5.91 Å². The molecular formula is C14H19FN2O. The second-order valence-corrected chi connectivity index (χ2v) is 5.32. The average molecular weight is 250 g/mol. The topological polar surface area (TPSA) is 33.2 Å². The fraction of sp³-hybridized carbons (Fsp3) is 0.571. The van der Waals surface area contributed by atoms with Crippen LogP contribution in [0.25, 0.3) is 0 Å². The van der Waals surface area contributed by atoms with Crippen LogP contribution in [0.1, 0.15) is 43.5 Å². The standard InChI is InChI=1S/C14H19FN2O/c1-3-14(2)5-8-17(9-6-14)13(18)11-4-7-16-12(15)10-11/h4,7,10H,3,5-6,8-9H2,1-2H3. The molecule has 1 aromatic heterocycles. The SMILES string of the molecule is CCC1(C)CCN(C(=O)c2ccnc(F)c2)CC1. The van der Waals surface area contributed by atoms with Gasteiger partial charge in [0.15, 0.2) is 0 Å². The van der Waals surface area contributed by atoms with E-state index in [1.165, 1.54) is 12.3 Å². The number of aromatic nitrogens is 1. The summed E-state index contributed by atoms with van der Waals surface area (Å²) in [5, 5.41) is 0. The first kappa shape index (κ1) is 13.0. The number of nitrogens with zero attached hydrogens (tertiary/aromatic N) is 2. The van der Waals surface area contributed by atoms with Gasteiger partial charge in [-0.3, -0.25) is 4.79 Å². The molecule has 0 unspecified atom stereocenters. The van der Waals surface area contributed by atoms with E-state index in [0.717, 1.165) is 32.4 Å². The average Bonchev–Trinajstić information content (AvgIpc) is 2.39. The largest absolute Gasteiger partial charge is 0.339 e. The summed E-state index contributed by atoms with van der Waals surface area (Å²) in [5.74, 6) is -0.689. The maximum atomic E-state index is 13.0. The molecule has 1 aliphatic heterocycles. The third kappa shape index (κ3) is 2.68. The molecule has 4 heteroatoms. The lowest BCUT2D eigenvalue weighted by molar-refractivity contribution is 0.0599. The van der Waals surface area contributed by atoms with Crippen LogP contribution >= 0.6 is 0 Å². The Balaban J connectivity index is 2.04. The molecule has 2 heterocycles. The Kier molecular flexibility index (Phi) is 3.64. The van der Waals surface area contributed by atoms with Gasteiger partial charge in [0.1, 0.15) is 0 Å². The zero-order chi connectivity index (χ0) is 13.2. The Hall–Kier alpha value is -1.45. The van der Waals surface area contributed by atoms with Crippen molar-refractivity contribution in [2.45, 2.75) is 33.1 Å². The fourth-order valence-corrected chi connectivity index (χ4v) is 2.32. The van der Waals surface area contributed by atoms with E-state index in [1.54, 1.807) is 6.07 Å². The van der Waals surface area contributed by atoms with Crippen LogP contribution in [0.4, 0.5) is 4.39 Å². The zero-order valence-electron chi connectivity index (χ0n) is 10.9. The van der Waals surface area contributed by atoms with Crippen LogP contribution in [-0.2, 0) is 0 Å². The van der Waals surface area contributed by atoms with E-state index in [0.29, 0.717) is 11.0 Å². The summed E-state index contributed by atoms with van der Waals surface area (Å²) >= 11 is 0. The highest BCUT2D eigenvalue weighted by molar-refractivity contribution is 5.94. The van der Waals surface area contributed by atoms with E-state index in [9.17, 15) is 9.18 Å². The fourth-order valence-electron chi connectivity index (χ4n) is 2.32. The molecular weight excluding hydrogens is 231 g/mol. The van der Waals surface area contributed by atoms with Gasteiger partial charge in [-0.05, 0) is 24.3 Å². The maximum Gasteiger partial charge on any atom is 0.254 e. The lowest BCUT2D eigenvalue weighted by Crippen LogP contribution is -2.42. The first-order valence-electron chi connectivity index (χ1n) is 6.45. The number of carbonyl (C=O) groups is 1. The summed E-state index contributed by atoms with van der Waals surface area (Å²) in [6.45, 7) is 5.97. The number of likely N-dealkylation sites (tertiary alicyclic amines) is 1. The maximum absolute atomic E-state index is 13.0. The zero-order valence-corrected chi connectivity index (χ0v) is 10.9. The van der Waals surface area contributed by atoms with Crippen molar-refractivity contribution in [2.24, 2.45) is 5.41 Å². The number of piperidine rings is 1. The normalized spacial score (nSPS) is 18.7. The van der Waals surface area contributed by atoms with Crippen molar-refractivity contribution in [3.05, 3.63) is 29.8 Å². The Labute approximate surface area is 107 Å². The molecule has 1 amide bonds. The number of rotatable bonds is 2. The number of halogens is 1. The summed E-state index contributed by atoms with van der Waals surface area (Å²) in [6.07, 6.45) is 4.51. The van der Waals surface area contributed by atoms with Gasteiger partial charge in [-0.1, -0.05) is 20.3 Å². The van der Waals surface area contributed by atoms with Crippen molar-refractivity contribution in [3.8, 4) is 0 Å². The molecule has 0 aliphatic carbocycles. The Morgan fingerprint density at radius 1 is 1.50 bits per heavy atom. The van der Waals surface area contributed by atoms with Gasteiger partial charge in [0.25, 0.3) is 5.91 Å². The lowest BCUT2D eigenvalue weighted by atomic mass is 9.78. The van der Waals surface area contributed by atoms with E-state index in [1.807, 2.05) is 4.90 Å². The van der Waals surface area contributed by atoms with Crippen LogP contribution in [0.3, 0.4) is 0 Å². The minimum atomic E-state index is -0.601. The van der Waals surface area contributed by atoms with Crippen LogP contribution in [-0.4, -0.2) is 28.9 Å². The number of hydrogen-bond acceptors (Lipinski definition) is 2. The molecule has 0 N–H and O–H groups in total. The van der Waals surface area contributed by atoms with E-state index in [4.69, 9.17) is 0 Å². The lowest BCUT2D eigenvalue weighted by Gasteiger charge is -2.38. The van der Waals surface area contributed by atoms with Gasteiger partial charge in [0.05, 0.1) is 0 Å². The van der Waals surface area contributed by atoms with Crippen LogP contribution < -0.4 is 0 Å². The minimum absolute atomic E-state index is 0.0885. The summed E-state index contributed by atoms with van der Waals surface area (Å²) in [5.41, 5.74) is 0.739. The first-order valence-corrected chi connectivity index (χ1v) is 6.45. The monoisotopic (exact) mass is 250 g/mol. The quantitative estimate of drug-likeness (QED) is 0.756. The number of pyridine rings is 1. The van der Waals surface area contributed by atoms with Gasteiger partial charge >= 0.3 is 0 Å². The number of amides is 1. The van der Waals surface area contributed by atoms with Gasteiger partial charge in [0, 0.05) is 30.9 Å². The molecule has 0 radical (unpaired) electrons. The second kappa shape index (κ2) is 5.04.